The van der Waals surface area contributed by atoms with E-state index in [4.69, 9.17) is 21.1 Å². The van der Waals surface area contributed by atoms with Crippen molar-refractivity contribution in [3.63, 3.8) is 0 Å². The lowest BCUT2D eigenvalue weighted by molar-refractivity contribution is -0.480. The van der Waals surface area contributed by atoms with Crippen LogP contribution in [0.1, 0.15) is 55.2 Å². The maximum atomic E-state index is 13.7. The van der Waals surface area contributed by atoms with Gasteiger partial charge in [-0.25, -0.2) is 9.18 Å². The molecule has 4 aromatic rings. The van der Waals surface area contributed by atoms with Gasteiger partial charge in [0.1, 0.15) is 22.8 Å². The summed E-state index contributed by atoms with van der Waals surface area (Å²) in [4.78, 5) is 16.4. The Balaban J connectivity index is 1.46. The molecule has 0 amide bonds. The van der Waals surface area contributed by atoms with Gasteiger partial charge in [-0.05, 0) is 61.0 Å². The Morgan fingerprint density at radius 3 is 2.67 bits per heavy atom. The summed E-state index contributed by atoms with van der Waals surface area (Å²) in [6.45, 7) is 7.59. The molecule has 0 atom stereocenters. The van der Waals surface area contributed by atoms with Crippen molar-refractivity contribution in [1.82, 2.24) is 4.98 Å². The predicted molar refractivity (Wildman–Crippen MR) is 164 cm³/mol. The number of allylic oxidation sites excluding steroid dienone is 2. The SMILES string of the molecule is CCOC(=O)c1[nH]c2c(C3=C(C)[N+](CCS)=C3CC)c(Cl)ccc2c1CCCOc1cccc2cc(F)ccc12. The molecule has 1 aromatic heterocycles. The zero-order valence-electron chi connectivity index (χ0n) is 22.9. The number of aromatic amines is 1. The Bertz CT molecular complexity index is 1670. The van der Waals surface area contributed by atoms with Crippen LogP contribution in [-0.2, 0) is 11.2 Å². The van der Waals surface area contributed by atoms with Crippen LogP contribution in [0.4, 0.5) is 4.39 Å². The van der Waals surface area contributed by atoms with Crippen LogP contribution in [0.15, 0.2) is 54.2 Å². The number of fused-ring (bicyclic) bond motifs is 2. The molecule has 1 aliphatic heterocycles. The minimum Gasteiger partial charge on any atom is -0.493 e. The third-order valence-electron chi connectivity index (χ3n) is 7.43. The van der Waals surface area contributed by atoms with Crippen LogP contribution < -0.4 is 4.74 Å². The van der Waals surface area contributed by atoms with Crippen LogP contribution in [0.2, 0.25) is 5.02 Å². The number of aryl methyl sites for hydroxylation is 1. The van der Waals surface area contributed by atoms with Gasteiger partial charge < -0.3 is 14.5 Å². The van der Waals surface area contributed by atoms with E-state index in [0.29, 0.717) is 35.9 Å². The number of halogens is 2. The zero-order chi connectivity index (χ0) is 28.4. The second-order valence-corrected chi connectivity index (χ2v) is 10.6. The van der Waals surface area contributed by atoms with E-state index in [-0.39, 0.29) is 18.4 Å². The number of nitrogens with zero attached hydrogens (tertiary/aromatic N) is 1. The third kappa shape index (κ3) is 5.13. The summed E-state index contributed by atoms with van der Waals surface area (Å²) in [5.74, 6) is 0.796. The highest BCUT2D eigenvalue weighted by molar-refractivity contribution is 7.80. The second-order valence-electron chi connectivity index (χ2n) is 9.75. The molecule has 0 unspecified atom stereocenters. The molecule has 3 aromatic carbocycles. The number of nitrogens with one attached hydrogen (secondary N) is 1. The van der Waals surface area contributed by atoms with Gasteiger partial charge in [-0.2, -0.15) is 17.2 Å². The first-order valence-corrected chi connectivity index (χ1v) is 14.7. The van der Waals surface area contributed by atoms with E-state index in [1.165, 1.54) is 17.8 Å². The van der Waals surface area contributed by atoms with Gasteiger partial charge in [0.15, 0.2) is 18.0 Å². The van der Waals surface area contributed by atoms with Crippen molar-refractivity contribution in [2.75, 3.05) is 25.5 Å². The van der Waals surface area contributed by atoms with E-state index in [1.54, 1.807) is 13.0 Å². The number of carbonyl (C=O) groups excluding carboxylic acids is 1. The summed E-state index contributed by atoms with van der Waals surface area (Å²) in [5, 5.41) is 3.24. The molecule has 40 heavy (non-hydrogen) atoms. The number of H-pyrrole nitrogens is 1. The first kappa shape index (κ1) is 28.2. The molecule has 0 saturated carbocycles. The van der Waals surface area contributed by atoms with Crippen LogP contribution in [0.3, 0.4) is 0 Å². The van der Waals surface area contributed by atoms with Gasteiger partial charge in [-0.15, -0.1) is 0 Å². The number of hydrogen-bond acceptors (Lipinski definition) is 4. The number of esters is 1. The van der Waals surface area contributed by atoms with Gasteiger partial charge in [-0.3, -0.25) is 0 Å². The van der Waals surface area contributed by atoms with Crippen molar-refractivity contribution >= 4 is 63.2 Å². The minimum absolute atomic E-state index is 0.277. The molecule has 0 radical (unpaired) electrons. The summed E-state index contributed by atoms with van der Waals surface area (Å²) in [6.07, 6.45) is 2.13. The fourth-order valence-corrected chi connectivity index (χ4v) is 6.13. The highest BCUT2D eigenvalue weighted by Crippen LogP contribution is 2.40. The smallest absolute Gasteiger partial charge is 0.355 e. The molecule has 1 N–H and O–H groups in total. The van der Waals surface area contributed by atoms with Crippen LogP contribution in [-0.4, -0.2) is 46.8 Å². The number of aromatic nitrogens is 1. The average molecular weight is 580 g/mol. The van der Waals surface area contributed by atoms with Gasteiger partial charge in [0.05, 0.1) is 23.8 Å². The molecule has 0 aliphatic carbocycles. The fraction of sp³-hybridized carbons (Fsp3) is 0.312. The number of thiol groups is 1. The van der Waals surface area contributed by atoms with Crippen molar-refractivity contribution in [3.05, 3.63) is 81.9 Å². The molecule has 1 aliphatic rings. The Kier molecular flexibility index (Phi) is 8.52. The summed E-state index contributed by atoms with van der Waals surface area (Å²) in [7, 11) is 0. The van der Waals surface area contributed by atoms with Crippen LogP contribution in [0.5, 0.6) is 5.75 Å². The van der Waals surface area contributed by atoms with Crippen LogP contribution in [0.25, 0.3) is 27.2 Å². The quantitative estimate of drug-likeness (QED) is 0.0823. The maximum absolute atomic E-state index is 13.7. The monoisotopic (exact) mass is 579 g/mol. The molecule has 0 spiro atoms. The molecule has 208 valence electrons. The number of benzene rings is 3. The van der Waals surface area contributed by atoms with Crippen LogP contribution in [0, 0.1) is 5.82 Å². The fourth-order valence-electron chi connectivity index (χ4n) is 5.68. The van der Waals surface area contributed by atoms with E-state index in [1.807, 2.05) is 30.3 Å². The number of rotatable bonds is 11. The highest BCUT2D eigenvalue weighted by Gasteiger charge is 2.38. The van der Waals surface area contributed by atoms with Crippen molar-refractivity contribution in [2.45, 2.75) is 40.0 Å². The van der Waals surface area contributed by atoms with Gasteiger partial charge in [-0.1, -0.05) is 36.7 Å². The van der Waals surface area contributed by atoms with Crippen molar-refractivity contribution in [1.29, 1.82) is 0 Å². The summed E-state index contributed by atoms with van der Waals surface area (Å²) in [6, 6.07) is 14.2. The third-order valence-corrected chi connectivity index (χ3v) is 7.95. The molecular formula is C32H33ClFN2O3S+. The Hall–Kier alpha value is -3.29. The average Bonchev–Trinajstić information content (AvgIpc) is 3.32. The van der Waals surface area contributed by atoms with E-state index >= 15 is 0 Å². The second kappa shape index (κ2) is 12.1. The van der Waals surface area contributed by atoms with Crippen molar-refractivity contribution in [2.24, 2.45) is 0 Å². The molecule has 5 nitrogen and oxygen atoms in total. The van der Waals surface area contributed by atoms with E-state index in [2.05, 4.69) is 36.0 Å². The van der Waals surface area contributed by atoms with Crippen molar-refractivity contribution < 1.29 is 23.2 Å². The Labute approximate surface area is 244 Å². The molecule has 0 bridgehead atoms. The van der Waals surface area contributed by atoms with Gasteiger partial charge in [0.25, 0.3) is 0 Å². The summed E-state index contributed by atoms with van der Waals surface area (Å²) >= 11 is 11.2. The predicted octanol–water partition coefficient (Wildman–Crippen LogP) is 7.84. The maximum Gasteiger partial charge on any atom is 0.355 e. The van der Waals surface area contributed by atoms with Gasteiger partial charge in [0.2, 0.25) is 0 Å². The molecule has 5 rings (SSSR count). The van der Waals surface area contributed by atoms with Crippen LogP contribution >= 0.6 is 24.2 Å². The lowest BCUT2D eigenvalue weighted by atomic mass is 9.89. The first-order chi connectivity index (χ1) is 19.4. The van der Waals surface area contributed by atoms with E-state index in [0.717, 1.165) is 62.8 Å². The number of ether oxygens (including phenoxy) is 2. The lowest BCUT2D eigenvalue weighted by Gasteiger charge is -2.22. The lowest BCUT2D eigenvalue weighted by Crippen LogP contribution is -2.33. The molecule has 8 heteroatoms. The van der Waals surface area contributed by atoms with Gasteiger partial charge in [0, 0.05) is 35.4 Å². The molecule has 2 heterocycles. The number of hydrogen-bond donors (Lipinski definition) is 2. The van der Waals surface area contributed by atoms with E-state index in [9.17, 15) is 9.18 Å². The molecule has 0 fully saturated rings. The Morgan fingerprint density at radius 1 is 1.12 bits per heavy atom. The summed E-state index contributed by atoms with van der Waals surface area (Å²) in [5.41, 5.74) is 6.59. The topological polar surface area (TPSA) is 54.3 Å². The number of carbonyl (C=O) groups is 1. The molecule has 0 saturated heterocycles. The molecular weight excluding hydrogens is 547 g/mol. The first-order valence-electron chi connectivity index (χ1n) is 13.7. The Morgan fingerprint density at radius 2 is 1.93 bits per heavy atom. The minimum atomic E-state index is -0.386. The van der Waals surface area contributed by atoms with Gasteiger partial charge >= 0.3 is 5.97 Å². The van der Waals surface area contributed by atoms with Crippen molar-refractivity contribution in [3.8, 4) is 5.75 Å². The largest absolute Gasteiger partial charge is 0.493 e. The normalized spacial score (nSPS) is 13.3. The van der Waals surface area contributed by atoms with E-state index < -0.39 is 0 Å². The zero-order valence-corrected chi connectivity index (χ0v) is 24.6. The summed E-state index contributed by atoms with van der Waals surface area (Å²) < 4.78 is 27.5. The highest BCUT2D eigenvalue weighted by atomic mass is 35.5. The standard InChI is InChI=1S/C32H32ClFN2O3S/c1-4-26-28(19(3)36(26)15-17-40)29-25(33)14-13-24-23(31(35-30(24)29)32(37)38-5-2)9-7-16-39-27-10-6-8-20-18-21(34)11-12-22(20)27/h6,8,10-14,18,35H,4-5,7,9,15-17H2,1-3H3/p+1.